The molecule has 4 atom stereocenters. The van der Waals surface area contributed by atoms with Gasteiger partial charge in [-0.25, -0.2) is 0 Å². The number of nitroso groups, excluding NO2 is 1. The van der Waals surface area contributed by atoms with Crippen LogP contribution in [0.2, 0.25) is 0 Å². The first-order valence-electron chi connectivity index (χ1n) is 3.01. The molecule has 2 unspecified atom stereocenters. The fourth-order valence-electron chi connectivity index (χ4n) is 0.975. The smallest absolute Gasteiger partial charge is 0.183 e. The Labute approximate surface area is 57.6 Å². The van der Waals surface area contributed by atoms with Gasteiger partial charge >= 0.3 is 0 Å². The fraction of sp³-hybridized carbons (Fsp3) is 1.00. The van der Waals surface area contributed by atoms with E-state index in [9.17, 15) is 4.91 Å². The molecule has 1 rings (SSSR count). The van der Waals surface area contributed by atoms with Crippen molar-refractivity contribution in [3.05, 3.63) is 4.91 Å². The highest BCUT2D eigenvalue weighted by molar-refractivity contribution is 4.88. The monoisotopic (exact) mass is 147 g/mol. The van der Waals surface area contributed by atoms with Gasteiger partial charge in [0.25, 0.3) is 0 Å². The van der Waals surface area contributed by atoms with E-state index in [1.54, 1.807) is 6.92 Å². The summed E-state index contributed by atoms with van der Waals surface area (Å²) in [7, 11) is 0. The minimum absolute atomic E-state index is 0.498. The Morgan fingerprint density at radius 2 is 2.10 bits per heavy atom. The van der Waals surface area contributed by atoms with Crippen LogP contribution in [0.5, 0.6) is 0 Å². The van der Waals surface area contributed by atoms with Crippen molar-refractivity contribution in [3.63, 3.8) is 0 Å². The molecule has 2 N–H and O–H groups in total. The van der Waals surface area contributed by atoms with Crippen LogP contribution < -0.4 is 0 Å². The first-order valence-corrected chi connectivity index (χ1v) is 3.01. The van der Waals surface area contributed by atoms with E-state index < -0.39 is 24.5 Å². The third-order valence-corrected chi connectivity index (χ3v) is 1.60. The lowest BCUT2D eigenvalue weighted by Crippen LogP contribution is -2.29. The zero-order valence-electron chi connectivity index (χ0n) is 5.47. The lowest BCUT2D eigenvalue weighted by Gasteiger charge is -2.05. The third-order valence-electron chi connectivity index (χ3n) is 1.60. The molecule has 0 bridgehead atoms. The number of aliphatic hydroxyl groups excluding tert-OH is 2. The van der Waals surface area contributed by atoms with Crippen LogP contribution in [-0.2, 0) is 4.74 Å². The molecule has 5 nitrogen and oxygen atoms in total. The van der Waals surface area contributed by atoms with Crippen LogP contribution in [0, 0.1) is 4.91 Å². The summed E-state index contributed by atoms with van der Waals surface area (Å²) < 4.78 is 4.69. The fourth-order valence-corrected chi connectivity index (χ4v) is 0.975. The Kier molecular flexibility index (Phi) is 1.98. The van der Waals surface area contributed by atoms with E-state index in [-0.39, 0.29) is 0 Å². The number of nitrogens with zero attached hydrogens (tertiary/aromatic N) is 1. The van der Waals surface area contributed by atoms with Gasteiger partial charge in [0.1, 0.15) is 12.1 Å². The van der Waals surface area contributed by atoms with Crippen molar-refractivity contribution in [3.8, 4) is 0 Å². The van der Waals surface area contributed by atoms with Crippen LogP contribution in [0.3, 0.4) is 0 Å². The van der Waals surface area contributed by atoms with Crippen molar-refractivity contribution in [2.45, 2.75) is 31.5 Å². The van der Waals surface area contributed by atoms with Crippen LogP contribution in [0.4, 0.5) is 0 Å². The molecule has 0 amide bonds. The second kappa shape index (κ2) is 2.61. The summed E-state index contributed by atoms with van der Waals surface area (Å²) in [6.07, 6.45) is -2.94. The Hall–Kier alpha value is -0.520. The summed E-state index contributed by atoms with van der Waals surface area (Å²) in [5.41, 5.74) is 0. The van der Waals surface area contributed by atoms with Gasteiger partial charge in [0, 0.05) is 0 Å². The van der Waals surface area contributed by atoms with E-state index in [4.69, 9.17) is 10.2 Å². The molecule has 10 heavy (non-hydrogen) atoms. The van der Waals surface area contributed by atoms with E-state index in [1.165, 1.54) is 0 Å². The second-order valence-electron chi connectivity index (χ2n) is 2.32. The number of rotatable bonds is 1. The van der Waals surface area contributed by atoms with Crippen molar-refractivity contribution < 1.29 is 14.9 Å². The van der Waals surface area contributed by atoms with Crippen LogP contribution >= 0.6 is 0 Å². The molecule has 0 aliphatic carbocycles. The molecule has 0 saturated carbocycles. The quantitative estimate of drug-likeness (QED) is 0.477. The Bertz CT molecular complexity index is 140. The molecule has 0 aromatic heterocycles. The highest BCUT2D eigenvalue weighted by atomic mass is 16.6. The van der Waals surface area contributed by atoms with E-state index in [2.05, 4.69) is 9.91 Å². The summed E-state index contributed by atoms with van der Waals surface area (Å²) in [5.74, 6) is 0. The maximum atomic E-state index is 9.97. The molecule has 1 heterocycles. The molecule has 1 aliphatic heterocycles. The largest absolute Gasteiger partial charge is 0.385 e. The standard InChI is InChI=1S/C5H9NO4/c1-2-3(6-9)4(7)5(8)10-2/h2-5,7-8H,1H3/t2?,3?,4-,5+/m1/s1. The Morgan fingerprint density at radius 3 is 2.30 bits per heavy atom. The van der Waals surface area contributed by atoms with E-state index in [0.717, 1.165) is 0 Å². The summed E-state index contributed by atoms with van der Waals surface area (Å²) in [4.78, 5) is 9.97. The number of hydrogen-bond donors (Lipinski definition) is 2. The molecular formula is C5H9NO4. The minimum atomic E-state index is -1.27. The Morgan fingerprint density at radius 1 is 1.50 bits per heavy atom. The van der Waals surface area contributed by atoms with Crippen molar-refractivity contribution in [1.82, 2.24) is 0 Å². The van der Waals surface area contributed by atoms with Crippen LogP contribution in [0.15, 0.2) is 5.18 Å². The predicted octanol–water partition coefficient (Wildman–Crippen LogP) is -0.781. The van der Waals surface area contributed by atoms with Gasteiger partial charge in [0.2, 0.25) is 0 Å². The number of aliphatic hydroxyl groups is 2. The maximum Gasteiger partial charge on any atom is 0.183 e. The van der Waals surface area contributed by atoms with Crippen LogP contribution in [0.1, 0.15) is 6.92 Å². The number of hydrogen-bond acceptors (Lipinski definition) is 5. The van der Waals surface area contributed by atoms with Gasteiger partial charge in [-0.2, -0.15) is 4.91 Å². The van der Waals surface area contributed by atoms with Gasteiger partial charge in [-0.3, -0.25) is 0 Å². The zero-order valence-corrected chi connectivity index (χ0v) is 5.47. The minimum Gasteiger partial charge on any atom is -0.385 e. The molecule has 0 radical (unpaired) electrons. The highest BCUT2D eigenvalue weighted by Gasteiger charge is 2.41. The van der Waals surface area contributed by atoms with Gasteiger partial charge in [-0.05, 0) is 6.92 Å². The third kappa shape index (κ3) is 1.03. The average molecular weight is 147 g/mol. The van der Waals surface area contributed by atoms with Crippen molar-refractivity contribution in [2.75, 3.05) is 0 Å². The molecule has 1 saturated heterocycles. The topological polar surface area (TPSA) is 79.1 Å². The molecule has 0 aromatic carbocycles. The number of ether oxygens (including phenoxy) is 1. The predicted molar refractivity (Wildman–Crippen MR) is 32.1 cm³/mol. The first-order chi connectivity index (χ1) is 4.66. The summed E-state index contributed by atoms with van der Waals surface area (Å²) in [6.45, 7) is 1.57. The Balaban J connectivity index is 2.63. The molecule has 1 aliphatic rings. The van der Waals surface area contributed by atoms with Crippen LogP contribution in [-0.4, -0.2) is 34.8 Å². The molecule has 5 heteroatoms. The van der Waals surface area contributed by atoms with Crippen molar-refractivity contribution in [2.24, 2.45) is 5.18 Å². The second-order valence-corrected chi connectivity index (χ2v) is 2.32. The van der Waals surface area contributed by atoms with Gasteiger partial charge in [-0.15, -0.1) is 0 Å². The lowest BCUT2D eigenvalue weighted by molar-refractivity contribution is -0.123. The molecule has 58 valence electrons. The van der Waals surface area contributed by atoms with Gasteiger partial charge in [0.15, 0.2) is 6.29 Å². The van der Waals surface area contributed by atoms with E-state index in [1.807, 2.05) is 0 Å². The van der Waals surface area contributed by atoms with Crippen molar-refractivity contribution in [1.29, 1.82) is 0 Å². The van der Waals surface area contributed by atoms with E-state index >= 15 is 0 Å². The summed E-state index contributed by atoms with van der Waals surface area (Å²) in [6, 6.07) is -0.838. The lowest BCUT2D eigenvalue weighted by atomic mass is 10.1. The molecule has 1 fully saturated rings. The normalized spacial score (nSPS) is 47.5. The first kappa shape index (κ1) is 7.59. The molecular weight excluding hydrogens is 138 g/mol. The van der Waals surface area contributed by atoms with Gasteiger partial charge < -0.3 is 14.9 Å². The molecule has 0 aromatic rings. The highest BCUT2D eigenvalue weighted by Crippen LogP contribution is 2.21. The molecule has 0 spiro atoms. The summed E-state index contributed by atoms with van der Waals surface area (Å²) in [5, 5.41) is 20.4. The van der Waals surface area contributed by atoms with Gasteiger partial charge in [0.05, 0.1) is 6.10 Å². The zero-order chi connectivity index (χ0) is 7.72. The maximum absolute atomic E-state index is 9.97. The van der Waals surface area contributed by atoms with Crippen LogP contribution in [0.25, 0.3) is 0 Å². The van der Waals surface area contributed by atoms with E-state index in [0.29, 0.717) is 0 Å². The average Bonchev–Trinajstić information content (AvgIpc) is 2.09. The summed E-state index contributed by atoms with van der Waals surface area (Å²) >= 11 is 0. The van der Waals surface area contributed by atoms with Crippen molar-refractivity contribution >= 4 is 0 Å². The SMILES string of the molecule is CC1O[C@H](O)[C@H](O)C1N=O. The van der Waals surface area contributed by atoms with Gasteiger partial charge in [-0.1, -0.05) is 5.18 Å².